The second-order valence-electron chi connectivity index (χ2n) is 7.14. The van der Waals surface area contributed by atoms with Crippen molar-refractivity contribution in [2.24, 2.45) is 7.05 Å². The molecule has 148 valence electrons. The number of carbonyl (C=O) groups is 1. The lowest BCUT2D eigenvalue weighted by Gasteiger charge is -2.11. The summed E-state index contributed by atoms with van der Waals surface area (Å²) < 4.78 is 12.7. The molecule has 0 fully saturated rings. The lowest BCUT2D eigenvalue weighted by molar-refractivity contribution is 0.0529. The molecule has 30 heavy (non-hydrogen) atoms. The second kappa shape index (κ2) is 6.88. The number of aromatic nitrogens is 1. The van der Waals surface area contributed by atoms with Crippen LogP contribution in [0, 0.1) is 0 Å². The number of rotatable bonds is 3. The predicted octanol–water partition coefficient (Wildman–Crippen LogP) is 5.28. The summed E-state index contributed by atoms with van der Waals surface area (Å²) in [5, 5.41) is 3.31. The highest BCUT2D eigenvalue weighted by Crippen LogP contribution is 2.38. The van der Waals surface area contributed by atoms with E-state index in [4.69, 9.17) is 9.15 Å². The van der Waals surface area contributed by atoms with Crippen molar-refractivity contribution in [1.82, 2.24) is 4.57 Å². The van der Waals surface area contributed by atoms with E-state index in [1.807, 2.05) is 54.6 Å². The molecule has 0 aliphatic carbocycles. The zero-order chi connectivity index (χ0) is 20.8. The van der Waals surface area contributed by atoms with Gasteiger partial charge in [0.05, 0.1) is 17.9 Å². The van der Waals surface area contributed by atoms with Crippen LogP contribution in [-0.4, -0.2) is 17.1 Å². The zero-order valence-electron chi connectivity index (χ0n) is 16.6. The number of ether oxygens (including phenoxy) is 1. The van der Waals surface area contributed by atoms with E-state index < -0.39 is 11.6 Å². The maximum absolute atomic E-state index is 13.2. The van der Waals surface area contributed by atoms with Crippen molar-refractivity contribution < 1.29 is 13.9 Å². The van der Waals surface area contributed by atoms with Crippen molar-refractivity contribution in [3.63, 3.8) is 0 Å². The number of hydrogen-bond donors (Lipinski definition) is 0. The van der Waals surface area contributed by atoms with Gasteiger partial charge in [-0.2, -0.15) is 0 Å². The van der Waals surface area contributed by atoms with E-state index >= 15 is 0 Å². The third-order valence-electron chi connectivity index (χ3n) is 5.47. The highest BCUT2D eigenvalue weighted by Gasteiger charge is 2.28. The van der Waals surface area contributed by atoms with Crippen LogP contribution in [0.5, 0.6) is 0 Å². The second-order valence-corrected chi connectivity index (χ2v) is 7.14. The zero-order valence-corrected chi connectivity index (χ0v) is 16.6. The molecule has 5 heteroatoms. The third kappa shape index (κ3) is 2.55. The monoisotopic (exact) mass is 397 g/mol. The molecule has 0 radical (unpaired) electrons. The molecule has 0 atom stereocenters. The summed E-state index contributed by atoms with van der Waals surface area (Å²) >= 11 is 0. The molecule has 5 nitrogen and oxygen atoms in total. The number of fused-ring (bicyclic) bond motifs is 4. The molecular weight excluding hydrogens is 378 g/mol. The fraction of sp³-hybridized carbons (Fsp3) is 0.120. The number of aryl methyl sites for hydroxylation is 1. The fourth-order valence-electron chi connectivity index (χ4n) is 4.24. The van der Waals surface area contributed by atoms with Crippen LogP contribution in [0.2, 0.25) is 0 Å². The smallest absolute Gasteiger partial charge is 0.361 e. The van der Waals surface area contributed by atoms with Crippen LogP contribution in [0.3, 0.4) is 0 Å². The summed E-state index contributed by atoms with van der Waals surface area (Å²) in [6.45, 7) is 2.01. The van der Waals surface area contributed by atoms with Gasteiger partial charge in [-0.15, -0.1) is 0 Å². The third-order valence-corrected chi connectivity index (χ3v) is 5.47. The maximum Gasteiger partial charge on any atom is 0.361 e. The number of benzene rings is 3. The summed E-state index contributed by atoms with van der Waals surface area (Å²) in [4.78, 5) is 26.1. The van der Waals surface area contributed by atoms with E-state index in [-0.39, 0.29) is 6.61 Å². The molecule has 0 saturated heterocycles. The molecule has 5 rings (SSSR count). The highest BCUT2D eigenvalue weighted by molar-refractivity contribution is 6.20. The topological polar surface area (TPSA) is 61.4 Å². The van der Waals surface area contributed by atoms with Crippen molar-refractivity contribution in [3.05, 3.63) is 82.7 Å². The van der Waals surface area contributed by atoms with Gasteiger partial charge in [-0.05, 0) is 23.8 Å². The van der Waals surface area contributed by atoms with Crippen LogP contribution in [-0.2, 0) is 11.8 Å². The van der Waals surface area contributed by atoms with Gasteiger partial charge in [-0.1, -0.05) is 60.7 Å². The average molecular weight is 397 g/mol. The molecular formula is C25H19NO4. The van der Waals surface area contributed by atoms with E-state index in [1.54, 1.807) is 30.7 Å². The summed E-state index contributed by atoms with van der Waals surface area (Å²) in [5.41, 5.74) is 2.19. The Morgan fingerprint density at radius 2 is 1.67 bits per heavy atom. The van der Waals surface area contributed by atoms with Gasteiger partial charge in [0, 0.05) is 23.4 Å². The predicted molar refractivity (Wildman–Crippen MR) is 118 cm³/mol. The first-order valence-corrected chi connectivity index (χ1v) is 9.81. The quantitative estimate of drug-likeness (QED) is 0.307. The van der Waals surface area contributed by atoms with Gasteiger partial charge >= 0.3 is 11.6 Å². The van der Waals surface area contributed by atoms with Crippen molar-refractivity contribution in [3.8, 4) is 11.3 Å². The molecule has 0 aliphatic rings. The summed E-state index contributed by atoms with van der Waals surface area (Å²) in [5.74, 6) is -0.457. The van der Waals surface area contributed by atoms with Gasteiger partial charge in [0.15, 0.2) is 0 Å². The summed E-state index contributed by atoms with van der Waals surface area (Å²) in [7, 11) is 1.79. The molecule has 0 spiro atoms. The minimum Gasteiger partial charge on any atom is -0.462 e. The number of nitrogens with zero attached hydrogens (tertiary/aromatic N) is 1. The van der Waals surface area contributed by atoms with Gasteiger partial charge in [0.2, 0.25) is 0 Å². The molecule has 5 aromatic rings. The Balaban J connectivity index is 2.03. The maximum atomic E-state index is 13.2. The van der Waals surface area contributed by atoms with Gasteiger partial charge in [-0.25, -0.2) is 9.59 Å². The standard InChI is InChI=1S/C25H19NO4/c1-3-29-24(27)21-20-18-12-6-7-14-19(18)30-25(28)23(20)26(2)22(21)17-13-8-10-15-9-4-5-11-16(15)17/h4-14H,3H2,1-2H3. The molecule has 0 unspecified atom stereocenters. The minimum absolute atomic E-state index is 0.240. The van der Waals surface area contributed by atoms with Crippen molar-refractivity contribution >= 4 is 38.6 Å². The van der Waals surface area contributed by atoms with Crippen LogP contribution in [0.25, 0.3) is 43.9 Å². The molecule has 0 saturated carbocycles. The van der Waals surface area contributed by atoms with Gasteiger partial charge < -0.3 is 13.7 Å². The molecule has 0 bridgehead atoms. The van der Waals surface area contributed by atoms with E-state index in [0.717, 1.165) is 16.3 Å². The van der Waals surface area contributed by atoms with E-state index in [2.05, 4.69) is 0 Å². The number of carbonyl (C=O) groups excluding carboxylic acids is 1. The van der Waals surface area contributed by atoms with E-state index in [1.165, 1.54) is 0 Å². The SMILES string of the molecule is CCOC(=O)c1c(-c2cccc3ccccc23)n(C)c2c(=O)oc3ccccc3c12. The Hall–Kier alpha value is -3.86. The molecule has 0 amide bonds. The first-order chi connectivity index (χ1) is 14.6. The Morgan fingerprint density at radius 3 is 2.47 bits per heavy atom. The summed E-state index contributed by atoms with van der Waals surface area (Å²) in [6.07, 6.45) is 0. The first-order valence-electron chi connectivity index (χ1n) is 9.81. The van der Waals surface area contributed by atoms with Crippen LogP contribution >= 0.6 is 0 Å². The van der Waals surface area contributed by atoms with Crippen molar-refractivity contribution in [2.75, 3.05) is 6.61 Å². The van der Waals surface area contributed by atoms with Gasteiger partial charge in [0.25, 0.3) is 0 Å². The van der Waals surface area contributed by atoms with Gasteiger partial charge in [-0.3, -0.25) is 0 Å². The molecule has 0 N–H and O–H groups in total. The van der Waals surface area contributed by atoms with E-state index in [9.17, 15) is 9.59 Å². The molecule has 2 aromatic heterocycles. The largest absolute Gasteiger partial charge is 0.462 e. The average Bonchev–Trinajstić information content (AvgIpc) is 3.07. The highest BCUT2D eigenvalue weighted by atomic mass is 16.5. The summed E-state index contributed by atoms with van der Waals surface area (Å²) in [6, 6.07) is 21.2. The Labute approximate surface area is 172 Å². The van der Waals surface area contributed by atoms with Crippen LogP contribution in [0.1, 0.15) is 17.3 Å². The van der Waals surface area contributed by atoms with Gasteiger partial charge in [0.1, 0.15) is 11.1 Å². The number of esters is 1. The molecule has 2 heterocycles. The molecule has 3 aromatic carbocycles. The molecule has 0 aliphatic heterocycles. The fourth-order valence-corrected chi connectivity index (χ4v) is 4.24. The van der Waals surface area contributed by atoms with Crippen LogP contribution in [0.15, 0.2) is 75.9 Å². The Morgan fingerprint density at radius 1 is 0.967 bits per heavy atom. The Kier molecular flexibility index (Phi) is 4.17. The lowest BCUT2D eigenvalue weighted by Crippen LogP contribution is -2.07. The van der Waals surface area contributed by atoms with Crippen molar-refractivity contribution in [2.45, 2.75) is 6.92 Å². The lowest BCUT2D eigenvalue weighted by atomic mass is 9.98. The number of hydrogen-bond acceptors (Lipinski definition) is 4. The number of para-hydroxylation sites is 1. The van der Waals surface area contributed by atoms with Crippen LogP contribution in [0.4, 0.5) is 0 Å². The van der Waals surface area contributed by atoms with Crippen molar-refractivity contribution in [1.29, 1.82) is 0 Å². The normalized spacial score (nSPS) is 11.4. The Bertz CT molecular complexity index is 1500. The minimum atomic E-state index is -0.483. The van der Waals surface area contributed by atoms with Crippen LogP contribution < -0.4 is 5.63 Å². The first kappa shape index (κ1) is 18.2. The van der Waals surface area contributed by atoms with E-state index in [0.29, 0.717) is 33.1 Å².